The van der Waals surface area contributed by atoms with Gasteiger partial charge in [0, 0.05) is 0 Å². The van der Waals surface area contributed by atoms with E-state index in [0.717, 1.165) is 17.5 Å². The first-order valence-corrected chi connectivity index (χ1v) is 4.90. The van der Waals surface area contributed by atoms with Crippen molar-refractivity contribution in [2.24, 2.45) is 5.73 Å². The molecule has 0 bridgehead atoms. The van der Waals surface area contributed by atoms with Crippen LogP contribution in [-0.2, 0) is 11.2 Å². The lowest BCUT2D eigenvalue weighted by Crippen LogP contribution is -2.01. The van der Waals surface area contributed by atoms with E-state index in [1.807, 2.05) is 36.4 Å². The number of carbonyl (C=O) groups is 1. The first-order valence-electron chi connectivity index (χ1n) is 4.90. The Morgan fingerprint density at radius 3 is 2.80 bits per heavy atom. The van der Waals surface area contributed by atoms with Gasteiger partial charge in [0.25, 0.3) is 0 Å². The standard InChI is InChI=1S/C12H15NO2/c13-8-4-3-6-10-5-1-2-7-11(10)9-12(14)15/h1-3,5-7H,4,8-9,13H2,(H,14,15). The van der Waals surface area contributed by atoms with Crippen LogP contribution >= 0.6 is 0 Å². The summed E-state index contributed by atoms with van der Waals surface area (Å²) in [7, 11) is 0. The predicted molar refractivity (Wildman–Crippen MR) is 60.5 cm³/mol. The minimum absolute atomic E-state index is 0.0587. The zero-order valence-electron chi connectivity index (χ0n) is 8.52. The third-order valence-electron chi connectivity index (χ3n) is 2.03. The minimum atomic E-state index is -0.810. The maximum Gasteiger partial charge on any atom is 0.307 e. The summed E-state index contributed by atoms with van der Waals surface area (Å²) in [5, 5.41) is 8.72. The molecule has 0 fully saturated rings. The summed E-state index contributed by atoms with van der Waals surface area (Å²) in [5.74, 6) is -0.810. The molecule has 1 rings (SSSR count). The van der Waals surface area contributed by atoms with Gasteiger partial charge in [0.1, 0.15) is 0 Å². The van der Waals surface area contributed by atoms with Crippen molar-refractivity contribution in [2.75, 3.05) is 6.54 Å². The second-order valence-corrected chi connectivity index (χ2v) is 3.25. The number of carboxylic acids is 1. The van der Waals surface area contributed by atoms with E-state index in [9.17, 15) is 4.79 Å². The van der Waals surface area contributed by atoms with Crippen LogP contribution in [-0.4, -0.2) is 17.6 Å². The fourth-order valence-electron chi connectivity index (χ4n) is 1.33. The summed E-state index contributed by atoms with van der Waals surface area (Å²) < 4.78 is 0. The van der Waals surface area contributed by atoms with E-state index in [-0.39, 0.29) is 6.42 Å². The van der Waals surface area contributed by atoms with E-state index in [1.165, 1.54) is 0 Å². The third kappa shape index (κ3) is 3.95. The van der Waals surface area contributed by atoms with Gasteiger partial charge < -0.3 is 10.8 Å². The monoisotopic (exact) mass is 205 g/mol. The average Bonchev–Trinajstić information content (AvgIpc) is 2.20. The van der Waals surface area contributed by atoms with Gasteiger partial charge in [0.05, 0.1) is 6.42 Å². The van der Waals surface area contributed by atoms with E-state index in [4.69, 9.17) is 10.8 Å². The second-order valence-electron chi connectivity index (χ2n) is 3.25. The van der Waals surface area contributed by atoms with E-state index in [0.29, 0.717) is 6.54 Å². The van der Waals surface area contributed by atoms with Gasteiger partial charge in [-0.25, -0.2) is 0 Å². The molecular weight excluding hydrogens is 190 g/mol. The highest BCUT2D eigenvalue weighted by atomic mass is 16.4. The van der Waals surface area contributed by atoms with Crippen molar-refractivity contribution in [1.29, 1.82) is 0 Å². The minimum Gasteiger partial charge on any atom is -0.481 e. The molecule has 15 heavy (non-hydrogen) atoms. The molecule has 1 aromatic carbocycles. The van der Waals surface area contributed by atoms with E-state index in [2.05, 4.69) is 0 Å². The Bertz CT molecular complexity index is 358. The molecule has 0 radical (unpaired) electrons. The van der Waals surface area contributed by atoms with Crippen molar-refractivity contribution in [2.45, 2.75) is 12.8 Å². The quantitative estimate of drug-likeness (QED) is 0.768. The van der Waals surface area contributed by atoms with Crippen LogP contribution in [0.25, 0.3) is 6.08 Å². The molecule has 0 amide bonds. The largest absolute Gasteiger partial charge is 0.481 e. The van der Waals surface area contributed by atoms with Crippen LogP contribution in [0.2, 0.25) is 0 Å². The number of benzene rings is 1. The maximum absolute atomic E-state index is 10.6. The molecule has 0 aliphatic rings. The fourth-order valence-corrected chi connectivity index (χ4v) is 1.33. The van der Waals surface area contributed by atoms with Crippen molar-refractivity contribution >= 4 is 12.0 Å². The lowest BCUT2D eigenvalue weighted by Gasteiger charge is -2.02. The summed E-state index contributed by atoms with van der Waals surface area (Å²) in [4.78, 5) is 10.6. The van der Waals surface area contributed by atoms with Gasteiger partial charge in [-0.05, 0) is 24.1 Å². The molecule has 0 spiro atoms. The SMILES string of the molecule is NCCC=Cc1ccccc1CC(=O)O. The highest BCUT2D eigenvalue weighted by Crippen LogP contribution is 2.11. The van der Waals surface area contributed by atoms with Crippen molar-refractivity contribution in [3.8, 4) is 0 Å². The molecule has 0 aliphatic heterocycles. The Morgan fingerprint density at radius 2 is 2.13 bits per heavy atom. The third-order valence-corrected chi connectivity index (χ3v) is 2.03. The predicted octanol–water partition coefficient (Wildman–Crippen LogP) is 1.68. The molecule has 0 aromatic heterocycles. The van der Waals surface area contributed by atoms with Crippen molar-refractivity contribution in [1.82, 2.24) is 0 Å². The Labute approximate surface area is 89.2 Å². The molecule has 0 heterocycles. The van der Waals surface area contributed by atoms with Crippen LogP contribution in [0.4, 0.5) is 0 Å². The van der Waals surface area contributed by atoms with E-state index < -0.39 is 5.97 Å². The van der Waals surface area contributed by atoms with Crippen LogP contribution in [0.15, 0.2) is 30.3 Å². The van der Waals surface area contributed by atoms with Gasteiger partial charge >= 0.3 is 5.97 Å². The molecule has 0 aliphatic carbocycles. The molecule has 80 valence electrons. The van der Waals surface area contributed by atoms with E-state index >= 15 is 0 Å². The smallest absolute Gasteiger partial charge is 0.307 e. The Kier molecular flexibility index (Phi) is 4.57. The van der Waals surface area contributed by atoms with Crippen LogP contribution in [0.1, 0.15) is 17.5 Å². The Morgan fingerprint density at radius 1 is 1.40 bits per heavy atom. The van der Waals surface area contributed by atoms with E-state index in [1.54, 1.807) is 0 Å². The number of carboxylic acid groups (broad SMARTS) is 1. The fraction of sp³-hybridized carbons (Fsp3) is 0.250. The highest BCUT2D eigenvalue weighted by molar-refractivity contribution is 5.72. The Balaban J connectivity index is 2.81. The molecular formula is C12H15NO2. The summed E-state index contributed by atoms with van der Waals surface area (Å²) in [5.41, 5.74) is 7.15. The summed E-state index contributed by atoms with van der Waals surface area (Å²) in [6.07, 6.45) is 4.75. The van der Waals surface area contributed by atoms with Gasteiger partial charge in [0.2, 0.25) is 0 Å². The number of nitrogens with two attached hydrogens (primary N) is 1. The number of hydrogen-bond donors (Lipinski definition) is 2. The van der Waals surface area contributed by atoms with Crippen LogP contribution in [0.3, 0.4) is 0 Å². The molecule has 3 heteroatoms. The molecule has 0 atom stereocenters. The summed E-state index contributed by atoms with van der Waals surface area (Å²) in [6, 6.07) is 7.48. The average molecular weight is 205 g/mol. The second kappa shape index (κ2) is 5.98. The van der Waals surface area contributed by atoms with Crippen LogP contribution in [0, 0.1) is 0 Å². The number of hydrogen-bond acceptors (Lipinski definition) is 2. The van der Waals surface area contributed by atoms with Gasteiger partial charge in [-0.2, -0.15) is 0 Å². The molecule has 0 unspecified atom stereocenters. The first-order chi connectivity index (χ1) is 7.24. The normalized spacial score (nSPS) is 10.7. The lowest BCUT2D eigenvalue weighted by molar-refractivity contribution is -0.136. The van der Waals surface area contributed by atoms with Gasteiger partial charge in [-0.15, -0.1) is 0 Å². The maximum atomic E-state index is 10.6. The van der Waals surface area contributed by atoms with Crippen LogP contribution < -0.4 is 5.73 Å². The van der Waals surface area contributed by atoms with Gasteiger partial charge in [-0.1, -0.05) is 36.4 Å². The van der Waals surface area contributed by atoms with Gasteiger partial charge in [0.15, 0.2) is 0 Å². The summed E-state index contributed by atoms with van der Waals surface area (Å²) >= 11 is 0. The number of rotatable bonds is 5. The van der Waals surface area contributed by atoms with Crippen molar-refractivity contribution in [3.05, 3.63) is 41.5 Å². The Hall–Kier alpha value is -1.61. The van der Waals surface area contributed by atoms with Gasteiger partial charge in [-0.3, -0.25) is 4.79 Å². The highest BCUT2D eigenvalue weighted by Gasteiger charge is 2.03. The summed E-state index contributed by atoms with van der Waals surface area (Å²) in [6.45, 7) is 0.609. The zero-order chi connectivity index (χ0) is 11.1. The zero-order valence-corrected chi connectivity index (χ0v) is 8.52. The topological polar surface area (TPSA) is 63.3 Å². The molecule has 3 N–H and O–H groups in total. The lowest BCUT2D eigenvalue weighted by atomic mass is 10.0. The molecule has 3 nitrogen and oxygen atoms in total. The first kappa shape index (κ1) is 11.5. The molecule has 1 aromatic rings. The number of aliphatic carboxylic acids is 1. The van der Waals surface area contributed by atoms with Crippen molar-refractivity contribution in [3.63, 3.8) is 0 Å². The van der Waals surface area contributed by atoms with Crippen LogP contribution in [0.5, 0.6) is 0 Å². The molecule has 0 saturated heterocycles. The van der Waals surface area contributed by atoms with Crippen molar-refractivity contribution < 1.29 is 9.90 Å². The molecule has 0 saturated carbocycles.